The number of hydrogen-bond donors (Lipinski definition) is 1. The summed E-state index contributed by atoms with van der Waals surface area (Å²) in [7, 11) is 0. The van der Waals surface area contributed by atoms with E-state index in [0.29, 0.717) is 24.7 Å². The smallest absolute Gasteiger partial charge is 0.163 e. The third kappa shape index (κ3) is 4.73. The highest BCUT2D eigenvalue weighted by Gasteiger charge is 2.25. The molecule has 1 saturated carbocycles. The second-order valence-corrected chi connectivity index (χ2v) is 9.28. The number of ketones is 1. The van der Waals surface area contributed by atoms with Crippen molar-refractivity contribution < 1.29 is 4.79 Å². The first-order valence-corrected chi connectivity index (χ1v) is 12.4. The van der Waals surface area contributed by atoms with Crippen LogP contribution >= 0.6 is 0 Å². The molecule has 3 aromatic carbocycles. The average molecular weight is 471 g/mol. The van der Waals surface area contributed by atoms with Crippen LogP contribution in [0.5, 0.6) is 0 Å². The first-order valence-electron chi connectivity index (χ1n) is 12.4. The summed E-state index contributed by atoms with van der Waals surface area (Å²) in [5, 5.41) is 4.49. The van der Waals surface area contributed by atoms with Gasteiger partial charge in [-0.25, -0.2) is 9.97 Å². The molecule has 0 bridgehead atoms. The van der Waals surface area contributed by atoms with E-state index < -0.39 is 0 Å². The van der Waals surface area contributed by atoms with Crippen molar-refractivity contribution >= 4 is 22.5 Å². The fourth-order valence-corrected chi connectivity index (χ4v) is 4.48. The lowest BCUT2D eigenvalue weighted by molar-refractivity contribution is 0.0976. The predicted molar refractivity (Wildman–Crippen MR) is 144 cm³/mol. The Hall–Kier alpha value is -4.38. The number of fused-ring (bicyclic) bond motifs is 1. The topological polar surface area (TPSA) is 67.8 Å². The summed E-state index contributed by atoms with van der Waals surface area (Å²) in [5.74, 6) is 2.17. The number of rotatable bonds is 8. The largest absolute Gasteiger partial charge is 0.364 e. The maximum absolute atomic E-state index is 12.5. The minimum Gasteiger partial charge on any atom is -0.364 e. The third-order valence-corrected chi connectivity index (χ3v) is 6.61. The summed E-state index contributed by atoms with van der Waals surface area (Å²) in [4.78, 5) is 26.9. The number of nitrogens with one attached hydrogen (secondary N) is 1. The Balaban J connectivity index is 1.41. The van der Waals surface area contributed by atoms with Crippen molar-refractivity contribution in [2.24, 2.45) is 5.92 Å². The van der Waals surface area contributed by atoms with Crippen LogP contribution in [0, 0.1) is 5.92 Å². The van der Waals surface area contributed by atoms with E-state index in [1.165, 1.54) is 12.8 Å². The van der Waals surface area contributed by atoms with Crippen molar-refractivity contribution in [3.63, 3.8) is 0 Å². The van der Waals surface area contributed by atoms with Crippen molar-refractivity contribution in [3.8, 4) is 22.5 Å². The lowest BCUT2D eigenvalue weighted by Gasteiger charge is -2.14. The summed E-state index contributed by atoms with van der Waals surface area (Å²) >= 11 is 0. The highest BCUT2D eigenvalue weighted by atomic mass is 16.1. The zero-order valence-electron chi connectivity index (χ0n) is 19.9. The first kappa shape index (κ1) is 22.1. The molecule has 176 valence electrons. The second-order valence-electron chi connectivity index (χ2n) is 9.28. The van der Waals surface area contributed by atoms with Crippen molar-refractivity contribution in [1.82, 2.24) is 15.0 Å². The van der Waals surface area contributed by atoms with Crippen molar-refractivity contribution in [2.45, 2.75) is 25.8 Å². The lowest BCUT2D eigenvalue weighted by Crippen LogP contribution is -2.06. The van der Waals surface area contributed by atoms with E-state index in [0.717, 1.165) is 44.7 Å². The quantitative estimate of drug-likeness (QED) is 0.248. The molecule has 0 saturated heterocycles. The van der Waals surface area contributed by atoms with Gasteiger partial charge in [-0.05, 0) is 48.1 Å². The van der Waals surface area contributed by atoms with Crippen molar-refractivity contribution in [1.29, 1.82) is 0 Å². The number of aromatic nitrogens is 3. The Labute approximate surface area is 210 Å². The average Bonchev–Trinajstić information content (AvgIpc) is 3.76. The van der Waals surface area contributed by atoms with Crippen LogP contribution in [0.4, 0.5) is 5.82 Å². The Morgan fingerprint density at radius 3 is 2.36 bits per heavy atom. The summed E-state index contributed by atoms with van der Waals surface area (Å²) in [6, 6.07) is 30.0. The molecule has 1 aliphatic carbocycles. The van der Waals surface area contributed by atoms with Gasteiger partial charge in [0.15, 0.2) is 11.6 Å². The van der Waals surface area contributed by atoms with Gasteiger partial charge in [0.05, 0.1) is 23.1 Å². The van der Waals surface area contributed by atoms with Crippen LogP contribution in [0.3, 0.4) is 0 Å². The van der Waals surface area contributed by atoms with Gasteiger partial charge in [0.1, 0.15) is 5.82 Å². The summed E-state index contributed by atoms with van der Waals surface area (Å²) < 4.78 is 0. The van der Waals surface area contributed by atoms with Crippen LogP contribution in [0.2, 0.25) is 0 Å². The van der Waals surface area contributed by atoms with E-state index >= 15 is 0 Å². The molecule has 5 nitrogen and oxygen atoms in total. The van der Waals surface area contributed by atoms with Crippen LogP contribution in [0.15, 0.2) is 97.2 Å². The van der Waals surface area contributed by atoms with E-state index in [1.54, 1.807) is 6.20 Å². The first-order chi connectivity index (χ1) is 17.7. The highest BCUT2D eigenvalue weighted by Crippen LogP contribution is 2.35. The molecule has 36 heavy (non-hydrogen) atoms. The molecule has 0 amide bonds. The Bertz CT molecular complexity index is 1510. The summed E-state index contributed by atoms with van der Waals surface area (Å²) in [6.07, 6.45) is 4.79. The molecule has 0 spiro atoms. The SMILES string of the molecule is O=C(CC1CC1)c1ccc(-c2nc(NCc3ccccn3)c3c(-c4ccccc4)cccc3n2)cc1. The Kier molecular flexibility index (Phi) is 5.96. The molecular formula is C31H26N4O. The summed E-state index contributed by atoms with van der Waals surface area (Å²) in [5.41, 5.74) is 5.61. The molecule has 0 radical (unpaired) electrons. The molecule has 1 aliphatic rings. The number of hydrogen-bond acceptors (Lipinski definition) is 5. The van der Waals surface area contributed by atoms with Gasteiger partial charge in [0.25, 0.3) is 0 Å². The fourth-order valence-electron chi connectivity index (χ4n) is 4.48. The van der Waals surface area contributed by atoms with Crippen LogP contribution in [-0.2, 0) is 6.54 Å². The van der Waals surface area contributed by atoms with Crippen LogP contribution < -0.4 is 5.32 Å². The van der Waals surface area contributed by atoms with E-state index in [1.807, 2.05) is 72.8 Å². The molecule has 0 aliphatic heterocycles. The van der Waals surface area contributed by atoms with Crippen molar-refractivity contribution in [2.75, 3.05) is 5.32 Å². The minimum atomic E-state index is 0.216. The number of carbonyl (C=O) groups is 1. The molecule has 0 unspecified atom stereocenters. The van der Waals surface area contributed by atoms with Gasteiger partial charge in [0.2, 0.25) is 0 Å². The number of Topliss-reactive ketones (excluding diaryl/α,β-unsaturated/α-hetero) is 1. The molecule has 2 heterocycles. The van der Waals surface area contributed by atoms with Crippen LogP contribution in [-0.4, -0.2) is 20.7 Å². The maximum atomic E-state index is 12.5. The van der Waals surface area contributed by atoms with Gasteiger partial charge >= 0.3 is 0 Å². The van der Waals surface area contributed by atoms with E-state index in [4.69, 9.17) is 9.97 Å². The number of benzene rings is 3. The number of carbonyl (C=O) groups excluding carboxylic acids is 1. The normalized spacial score (nSPS) is 13.0. The van der Waals surface area contributed by atoms with E-state index in [-0.39, 0.29) is 5.78 Å². The van der Waals surface area contributed by atoms with Gasteiger partial charge in [-0.2, -0.15) is 0 Å². The fraction of sp³-hybridized carbons (Fsp3) is 0.161. The zero-order chi connectivity index (χ0) is 24.3. The molecule has 5 aromatic rings. The molecular weight excluding hydrogens is 444 g/mol. The Morgan fingerprint density at radius 2 is 1.61 bits per heavy atom. The number of nitrogens with zero attached hydrogens (tertiary/aromatic N) is 3. The molecule has 6 rings (SSSR count). The van der Waals surface area contributed by atoms with E-state index in [9.17, 15) is 4.79 Å². The maximum Gasteiger partial charge on any atom is 0.163 e. The molecule has 5 heteroatoms. The zero-order valence-corrected chi connectivity index (χ0v) is 19.9. The highest BCUT2D eigenvalue weighted by molar-refractivity contribution is 6.02. The number of pyridine rings is 1. The molecule has 0 atom stereocenters. The molecule has 2 aromatic heterocycles. The number of anilines is 1. The van der Waals surface area contributed by atoms with Gasteiger partial charge in [-0.1, -0.05) is 72.8 Å². The predicted octanol–water partition coefficient (Wildman–Crippen LogP) is 6.95. The van der Waals surface area contributed by atoms with Gasteiger partial charge < -0.3 is 5.32 Å². The Morgan fingerprint density at radius 1 is 0.806 bits per heavy atom. The van der Waals surface area contributed by atoms with Gasteiger partial charge in [-0.3, -0.25) is 9.78 Å². The third-order valence-electron chi connectivity index (χ3n) is 6.61. The molecule has 1 fully saturated rings. The van der Waals surface area contributed by atoms with E-state index in [2.05, 4.69) is 28.5 Å². The second kappa shape index (κ2) is 9.70. The van der Waals surface area contributed by atoms with Gasteiger partial charge in [0, 0.05) is 23.7 Å². The van der Waals surface area contributed by atoms with Crippen LogP contribution in [0.1, 0.15) is 35.3 Å². The van der Waals surface area contributed by atoms with Crippen LogP contribution in [0.25, 0.3) is 33.4 Å². The standard InChI is InChI=1S/C31H26N4O/c36-28(19-21-12-13-21)23-14-16-24(17-15-23)30-34-27-11-6-10-26(22-7-2-1-3-8-22)29(27)31(35-30)33-20-25-9-4-5-18-32-25/h1-11,14-18,21H,12-13,19-20H2,(H,33,34,35). The van der Waals surface area contributed by atoms with Gasteiger partial charge in [-0.15, -0.1) is 0 Å². The monoisotopic (exact) mass is 470 g/mol. The lowest BCUT2D eigenvalue weighted by atomic mass is 10.0. The molecule has 1 N–H and O–H groups in total. The van der Waals surface area contributed by atoms with Crippen molar-refractivity contribution in [3.05, 3.63) is 108 Å². The minimum absolute atomic E-state index is 0.216. The summed E-state index contributed by atoms with van der Waals surface area (Å²) in [6.45, 7) is 0.546.